The summed E-state index contributed by atoms with van der Waals surface area (Å²) in [4.78, 5) is 36.5. The molecule has 0 aromatic heterocycles. The van der Waals surface area contributed by atoms with Crippen molar-refractivity contribution in [1.82, 2.24) is 4.31 Å². The van der Waals surface area contributed by atoms with Gasteiger partial charge in [0.25, 0.3) is 15.9 Å². The Kier molecular flexibility index (Phi) is 5.29. The Morgan fingerprint density at radius 3 is 2.41 bits per heavy atom. The summed E-state index contributed by atoms with van der Waals surface area (Å²) in [6.45, 7) is 2.66. The van der Waals surface area contributed by atoms with Gasteiger partial charge in [-0.3, -0.25) is 14.4 Å². The summed E-state index contributed by atoms with van der Waals surface area (Å²) >= 11 is 0. The van der Waals surface area contributed by atoms with E-state index < -0.39 is 27.9 Å². The van der Waals surface area contributed by atoms with Crippen LogP contribution in [0.1, 0.15) is 24.2 Å². The second kappa shape index (κ2) is 7.55. The maximum atomic E-state index is 12.8. The van der Waals surface area contributed by atoms with Gasteiger partial charge in [-0.1, -0.05) is 12.1 Å². The van der Waals surface area contributed by atoms with Gasteiger partial charge in [0, 0.05) is 12.6 Å². The molecule has 1 aliphatic rings. The number of amides is 3. The molecule has 2 N–H and O–H groups in total. The summed E-state index contributed by atoms with van der Waals surface area (Å²) in [5, 5.41) is 5.14. The van der Waals surface area contributed by atoms with Crippen LogP contribution in [0.15, 0.2) is 47.4 Å². The highest BCUT2D eigenvalue weighted by Gasteiger charge is 2.45. The van der Waals surface area contributed by atoms with E-state index in [4.69, 9.17) is 4.74 Å². The van der Waals surface area contributed by atoms with E-state index in [2.05, 4.69) is 10.6 Å². The third-order valence-corrected chi connectivity index (χ3v) is 6.28. The van der Waals surface area contributed by atoms with Crippen LogP contribution in [0.5, 0.6) is 5.75 Å². The number of methoxy groups -OCH3 is 1. The molecule has 0 bridgehead atoms. The van der Waals surface area contributed by atoms with Crippen molar-refractivity contribution in [2.24, 2.45) is 0 Å². The van der Waals surface area contributed by atoms with Crippen LogP contribution >= 0.6 is 0 Å². The number of sulfonamides is 1. The number of benzene rings is 2. The highest BCUT2D eigenvalue weighted by atomic mass is 32.2. The number of ether oxygens (including phenoxy) is 1. The van der Waals surface area contributed by atoms with Gasteiger partial charge in [0.05, 0.1) is 18.4 Å². The first kappa shape index (κ1) is 20.3. The van der Waals surface area contributed by atoms with Crippen LogP contribution < -0.4 is 15.4 Å². The summed E-state index contributed by atoms with van der Waals surface area (Å²) in [6, 6.07) is 9.08. The molecule has 0 aliphatic carbocycles. The van der Waals surface area contributed by atoms with Crippen LogP contribution in [0.4, 0.5) is 11.4 Å². The van der Waals surface area contributed by atoms with Crippen molar-refractivity contribution in [3.63, 3.8) is 0 Å². The Hall–Kier alpha value is -3.40. The smallest absolute Gasteiger partial charge is 0.269 e. The first-order valence-electron chi connectivity index (χ1n) is 8.61. The molecular formula is C19H19N3O6S. The van der Waals surface area contributed by atoms with E-state index in [1.165, 1.54) is 45.2 Å². The lowest BCUT2D eigenvalue weighted by Gasteiger charge is -2.23. The number of anilines is 2. The van der Waals surface area contributed by atoms with Gasteiger partial charge in [-0.15, -0.1) is 0 Å². The molecular weight excluding hydrogens is 398 g/mol. The van der Waals surface area contributed by atoms with Crippen LogP contribution in [0.2, 0.25) is 0 Å². The van der Waals surface area contributed by atoms with Crippen molar-refractivity contribution < 1.29 is 27.5 Å². The third-order valence-electron chi connectivity index (χ3n) is 4.36. The quantitative estimate of drug-likeness (QED) is 0.765. The van der Waals surface area contributed by atoms with Gasteiger partial charge in [0.15, 0.2) is 0 Å². The van der Waals surface area contributed by atoms with E-state index in [1.807, 2.05) is 0 Å². The van der Waals surface area contributed by atoms with E-state index >= 15 is 0 Å². The van der Waals surface area contributed by atoms with Gasteiger partial charge < -0.3 is 15.4 Å². The van der Waals surface area contributed by atoms with Crippen LogP contribution in [0.25, 0.3) is 0 Å². The van der Waals surface area contributed by atoms with Crippen molar-refractivity contribution in [2.75, 3.05) is 17.7 Å². The van der Waals surface area contributed by atoms with E-state index in [9.17, 15) is 22.8 Å². The van der Waals surface area contributed by atoms with Crippen molar-refractivity contribution in [3.05, 3.63) is 48.0 Å². The predicted octanol–water partition coefficient (Wildman–Crippen LogP) is 1.83. The van der Waals surface area contributed by atoms with Gasteiger partial charge in [-0.2, -0.15) is 0 Å². The lowest BCUT2D eigenvalue weighted by Crippen LogP contribution is -2.45. The fourth-order valence-corrected chi connectivity index (χ4v) is 4.74. The molecule has 1 heterocycles. The number of rotatable bonds is 5. The van der Waals surface area contributed by atoms with E-state index in [-0.39, 0.29) is 22.1 Å². The molecule has 0 spiro atoms. The maximum Gasteiger partial charge on any atom is 0.269 e. The molecule has 1 atom stereocenters. The molecule has 29 heavy (non-hydrogen) atoms. The summed E-state index contributed by atoms with van der Waals surface area (Å²) in [5.41, 5.74) is 0.660. The number of hydrogen-bond acceptors (Lipinski definition) is 6. The first-order valence-corrected chi connectivity index (χ1v) is 10.0. The van der Waals surface area contributed by atoms with Gasteiger partial charge >= 0.3 is 0 Å². The lowest BCUT2D eigenvalue weighted by atomic mass is 10.2. The van der Waals surface area contributed by atoms with Gasteiger partial charge in [-0.05, 0) is 37.3 Å². The van der Waals surface area contributed by atoms with Crippen LogP contribution in [0, 0.1) is 0 Å². The summed E-state index contributed by atoms with van der Waals surface area (Å²) in [7, 11) is -2.74. The molecule has 0 radical (unpaired) electrons. The van der Waals surface area contributed by atoms with Gasteiger partial charge in [0.1, 0.15) is 16.7 Å². The van der Waals surface area contributed by atoms with E-state index in [1.54, 1.807) is 18.2 Å². The monoisotopic (exact) mass is 417 g/mol. The molecule has 152 valence electrons. The Balaban J connectivity index is 1.89. The molecule has 1 aliphatic heterocycles. The highest BCUT2D eigenvalue weighted by Crippen LogP contribution is 2.33. The zero-order chi connectivity index (χ0) is 21.3. The summed E-state index contributed by atoms with van der Waals surface area (Å²) in [6.07, 6.45) is 0. The number of carbonyl (C=O) groups is 3. The second-order valence-electron chi connectivity index (χ2n) is 6.36. The minimum atomic E-state index is -4.14. The average molecular weight is 417 g/mol. The Morgan fingerprint density at radius 2 is 1.79 bits per heavy atom. The molecule has 0 saturated carbocycles. The maximum absolute atomic E-state index is 12.8. The van der Waals surface area contributed by atoms with Gasteiger partial charge in [0.2, 0.25) is 11.8 Å². The van der Waals surface area contributed by atoms with Crippen LogP contribution in [-0.4, -0.2) is 43.6 Å². The standard InChI is InChI=1S/C19H19N3O6S/c1-11(22-19(25)14-6-4-5-7-17(14)29(22,26)27)18(24)21-15-10-13(20-12(2)23)8-9-16(15)28-3/h4-11H,1-3H3,(H,20,23)(H,21,24)/t11-/m1/s1. The number of nitrogens with zero attached hydrogens (tertiary/aromatic N) is 1. The first-order chi connectivity index (χ1) is 13.7. The number of hydrogen-bond donors (Lipinski definition) is 2. The molecule has 0 saturated heterocycles. The third kappa shape index (κ3) is 3.66. The average Bonchev–Trinajstić information content (AvgIpc) is 2.87. The van der Waals surface area contributed by atoms with Crippen LogP contribution in [0.3, 0.4) is 0 Å². The van der Waals surface area contributed by atoms with E-state index in [0.717, 1.165) is 0 Å². The normalized spacial score (nSPS) is 15.4. The minimum absolute atomic E-state index is 0.0254. The molecule has 3 amide bonds. The molecule has 9 nitrogen and oxygen atoms in total. The van der Waals surface area contributed by atoms with Gasteiger partial charge in [-0.25, -0.2) is 12.7 Å². The van der Waals surface area contributed by atoms with Crippen LogP contribution in [-0.2, 0) is 19.6 Å². The molecule has 10 heteroatoms. The number of nitrogens with one attached hydrogen (secondary N) is 2. The zero-order valence-corrected chi connectivity index (χ0v) is 16.7. The fourth-order valence-electron chi connectivity index (χ4n) is 3.02. The molecule has 2 aromatic rings. The topological polar surface area (TPSA) is 122 Å². The van der Waals surface area contributed by atoms with Crippen molar-refractivity contribution in [2.45, 2.75) is 24.8 Å². The SMILES string of the molecule is COc1ccc(NC(C)=O)cc1NC(=O)[C@@H](C)N1C(=O)c2ccccc2S1(=O)=O. The number of fused-ring (bicyclic) bond motifs is 1. The summed E-state index contributed by atoms with van der Waals surface area (Å²) in [5.74, 6) is -1.49. The molecule has 3 rings (SSSR count). The van der Waals surface area contributed by atoms with Crippen molar-refractivity contribution in [1.29, 1.82) is 0 Å². The highest BCUT2D eigenvalue weighted by molar-refractivity contribution is 7.90. The Labute approximate surface area is 167 Å². The molecule has 0 fully saturated rings. The predicted molar refractivity (Wildman–Crippen MR) is 105 cm³/mol. The lowest BCUT2D eigenvalue weighted by molar-refractivity contribution is -0.119. The second-order valence-corrected chi connectivity index (χ2v) is 8.15. The zero-order valence-electron chi connectivity index (χ0n) is 15.9. The Bertz CT molecular complexity index is 1110. The van der Waals surface area contributed by atoms with E-state index in [0.29, 0.717) is 15.7 Å². The molecule has 0 unspecified atom stereocenters. The Morgan fingerprint density at radius 1 is 1.10 bits per heavy atom. The number of carbonyl (C=O) groups excluding carboxylic acids is 3. The van der Waals surface area contributed by atoms with Crippen molar-refractivity contribution in [3.8, 4) is 5.75 Å². The fraction of sp³-hybridized carbons (Fsp3) is 0.211. The minimum Gasteiger partial charge on any atom is -0.495 e. The largest absolute Gasteiger partial charge is 0.495 e. The molecule has 2 aromatic carbocycles. The summed E-state index contributed by atoms with van der Waals surface area (Å²) < 4.78 is 31.3. The van der Waals surface area contributed by atoms with Crippen molar-refractivity contribution >= 4 is 39.1 Å².